The van der Waals surface area contributed by atoms with Crippen molar-refractivity contribution in [2.45, 2.75) is 58.6 Å². The summed E-state index contributed by atoms with van der Waals surface area (Å²) in [7, 11) is -1.78. The molecule has 1 fully saturated rings. The standard InChI is InChI=1S/C21H30BNSi/c1-18(2)23(19(3)4)22-16-11-17-24(22,20-12-7-5-8-13-20)21-14-9-6-10-15-21/h5-10,12-15,18-19H,11,16-17H2,1-4H3. The lowest BCUT2D eigenvalue weighted by Gasteiger charge is -2.43. The topological polar surface area (TPSA) is 3.24 Å². The number of benzene rings is 2. The summed E-state index contributed by atoms with van der Waals surface area (Å²) < 4.78 is 0. The fourth-order valence-electron chi connectivity index (χ4n) is 5.02. The van der Waals surface area contributed by atoms with Gasteiger partial charge >= 0.3 is 0 Å². The van der Waals surface area contributed by atoms with Gasteiger partial charge < -0.3 is 4.81 Å². The van der Waals surface area contributed by atoms with E-state index in [9.17, 15) is 0 Å². The van der Waals surface area contributed by atoms with E-state index in [1.165, 1.54) is 18.8 Å². The Morgan fingerprint density at radius 3 is 1.67 bits per heavy atom. The van der Waals surface area contributed by atoms with E-state index in [0.29, 0.717) is 18.5 Å². The van der Waals surface area contributed by atoms with Crippen molar-refractivity contribution in [3.8, 4) is 0 Å². The minimum Gasteiger partial charge on any atom is -0.339 e. The van der Waals surface area contributed by atoms with Gasteiger partial charge in [0.25, 0.3) is 0 Å². The molecule has 0 aliphatic carbocycles. The zero-order chi connectivity index (χ0) is 17.2. The third-order valence-electron chi connectivity index (χ3n) is 5.75. The molecule has 3 rings (SSSR count). The Morgan fingerprint density at radius 1 is 0.792 bits per heavy atom. The summed E-state index contributed by atoms with van der Waals surface area (Å²) in [6.45, 7) is 9.47. The molecule has 1 heterocycles. The van der Waals surface area contributed by atoms with Crippen LogP contribution in [0.15, 0.2) is 60.7 Å². The van der Waals surface area contributed by atoms with E-state index in [4.69, 9.17) is 0 Å². The molecule has 24 heavy (non-hydrogen) atoms. The molecule has 0 aromatic heterocycles. The first kappa shape index (κ1) is 17.5. The van der Waals surface area contributed by atoms with E-state index < -0.39 is 7.94 Å². The van der Waals surface area contributed by atoms with Crippen molar-refractivity contribution in [1.29, 1.82) is 0 Å². The van der Waals surface area contributed by atoms with Gasteiger partial charge in [-0.05, 0) is 12.1 Å². The third kappa shape index (κ3) is 3.00. The van der Waals surface area contributed by atoms with Gasteiger partial charge in [0, 0.05) is 0 Å². The highest BCUT2D eigenvalue weighted by Crippen LogP contribution is 2.33. The molecule has 0 unspecified atom stereocenters. The van der Waals surface area contributed by atoms with Crippen LogP contribution in [-0.4, -0.2) is 31.3 Å². The van der Waals surface area contributed by atoms with Crippen LogP contribution >= 0.6 is 0 Å². The average molecular weight is 335 g/mol. The summed E-state index contributed by atoms with van der Waals surface area (Å²) in [5, 5.41) is 3.23. The van der Waals surface area contributed by atoms with Gasteiger partial charge in [-0.25, -0.2) is 0 Å². The average Bonchev–Trinajstić information content (AvgIpc) is 3.01. The van der Waals surface area contributed by atoms with E-state index in [1.54, 1.807) is 10.4 Å². The summed E-state index contributed by atoms with van der Waals surface area (Å²) in [4.78, 5) is 2.80. The van der Waals surface area contributed by atoms with Crippen LogP contribution in [0, 0.1) is 0 Å². The summed E-state index contributed by atoms with van der Waals surface area (Å²) in [5.41, 5.74) is 0. The second-order valence-electron chi connectivity index (χ2n) is 7.75. The molecule has 2 aromatic carbocycles. The molecule has 0 saturated carbocycles. The maximum absolute atomic E-state index is 2.80. The Hall–Kier alpha value is -1.32. The van der Waals surface area contributed by atoms with Gasteiger partial charge in [0.2, 0.25) is 6.44 Å². The molecule has 126 valence electrons. The maximum Gasteiger partial charge on any atom is 0.224 e. The molecule has 2 aromatic rings. The van der Waals surface area contributed by atoms with Crippen molar-refractivity contribution in [2.75, 3.05) is 0 Å². The Kier molecular flexibility index (Phi) is 5.31. The second kappa shape index (κ2) is 7.28. The molecule has 0 radical (unpaired) electrons. The van der Waals surface area contributed by atoms with Gasteiger partial charge in [0.15, 0.2) is 0 Å². The molecule has 0 amide bonds. The summed E-state index contributed by atoms with van der Waals surface area (Å²) in [6, 6.07) is 25.4. The highest BCUT2D eigenvalue weighted by atomic mass is 28.3. The van der Waals surface area contributed by atoms with E-state index in [2.05, 4.69) is 93.2 Å². The molecule has 0 bridgehead atoms. The number of hydrogen-bond donors (Lipinski definition) is 0. The molecular formula is C21H30BNSi. The van der Waals surface area contributed by atoms with Gasteiger partial charge in [0.1, 0.15) is 7.94 Å². The highest BCUT2D eigenvalue weighted by Gasteiger charge is 2.53. The van der Waals surface area contributed by atoms with Gasteiger partial charge in [-0.3, -0.25) is 0 Å². The molecule has 1 nitrogen and oxygen atoms in total. The number of rotatable bonds is 5. The smallest absolute Gasteiger partial charge is 0.224 e. The van der Waals surface area contributed by atoms with Crippen LogP contribution in [0.2, 0.25) is 12.4 Å². The van der Waals surface area contributed by atoms with Crippen LogP contribution in [-0.2, 0) is 0 Å². The fourth-order valence-corrected chi connectivity index (χ4v) is 11.2. The van der Waals surface area contributed by atoms with Crippen LogP contribution in [0.25, 0.3) is 0 Å². The van der Waals surface area contributed by atoms with E-state index in [0.717, 1.165) is 0 Å². The summed E-state index contributed by atoms with van der Waals surface area (Å²) in [5.74, 6) is 0. The van der Waals surface area contributed by atoms with Crippen LogP contribution < -0.4 is 10.4 Å². The van der Waals surface area contributed by atoms with Crippen LogP contribution in [0.1, 0.15) is 34.1 Å². The van der Waals surface area contributed by atoms with E-state index >= 15 is 0 Å². The molecule has 1 aliphatic heterocycles. The lowest BCUT2D eigenvalue weighted by Crippen LogP contribution is -2.72. The molecular weight excluding hydrogens is 305 g/mol. The summed E-state index contributed by atoms with van der Waals surface area (Å²) >= 11 is 0. The van der Waals surface area contributed by atoms with Gasteiger partial charge in [-0.15, -0.1) is 0 Å². The van der Waals surface area contributed by atoms with E-state index in [-0.39, 0.29) is 0 Å². The van der Waals surface area contributed by atoms with Crippen molar-refractivity contribution >= 4 is 24.8 Å². The SMILES string of the molecule is CC(C)N(B1CCC[Si]1(c1ccccc1)c1ccccc1)C(C)C. The zero-order valence-corrected chi connectivity index (χ0v) is 16.6. The first-order valence-electron chi connectivity index (χ1n) is 9.46. The Labute approximate surface area is 149 Å². The maximum atomic E-state index is 2.80. The Balaban J connectivity index is 2.18. The van der Waals surface area contributed by atoms with Crippen molar-refractivity contribution in [2.24, 2.45) is 0 Å². The largest absolute Gasteiger partial charge is 0.339 e. The van der Waals surface area contributed by atoms with E-state index in [1.807, 2.05) is 0 Å². The van der Waals surface area contributed by atoms with Crippen molar-refractivity contribution in [3.63, 3.8) is 0 Å². The molecule has 1 saturated heterocycles. The third-order valence-corrected chi connectivity index (χ3v) is 11.3. The molecule has 1 aliphatic rings. The monoisotopic (exact) mass is 335 g/mol. The van der Waals surface area contributed by atoms with Crippen molar-refractivity contribution in [3.05, 3.63) is 60.7 Å². The minimum absolute atomic E-state index is 0.590. The zero-order valence-electron chi connectivity index (χ0n) is 15.6. The molecule has 0 spiro atoms. The number of nitrogens with zero attached hydrogens (tertiary/aromatic N) is 1. The van der Waals surface area contributed by atoms with Crippen LogP contribution in [0.3, 0.4) is 0 Å². The van der Waals surface area contributed by atoms with Crippen LogP contribution in [0.4, 0.5) is 0 Å². The minimum atomic E-state index is -1.78. The predicted octanol–water partition coefficient (Wildman–Crippen LogP) is 3.84. The second-order valence-corrected chi connectivity index (χ2v) is 12.0. The fraction of sp³-hybridized carbons (Fsp3) is 0.429. The summed E-state index contributed by atoms with van der Waals surface area (Å²) in [6.07, 6.45) is 3.39. The first-order valence-corrected chi connectivity index (χ1v) is 11.7. The van der Waals surface area contributed by atoms with Crippen molar-refractivity contribution < 1.29 is 0 Å². The predicted molar refractivity (Wildman–Crippen MR) is 110 cm³/mol. The first-order chi connectivity index (χ1) is 11.6. The van der Waals surface area contributed by atoms with Gasteiger partial charge in [-0.1, -0.05) is 118 Å². The van der Waals surface area contributed by atoms with Gasteiger partial charge in [0.05, 0.1) is 0 Å². The lowest BCUT2D eigenvalue weighted by molar-refractivity contribution is 0.308. The van der Waals surface area contributed by atoms with Gasteiger partial charge in [-0.2, -0.15) is 0 Å². The molecule has 0 atom stereocenters. The lowest BCUT2D eigenvalue weighted by atomic mass is 9.79. The van der Waals surface area contributed by atoms with Crippen LogP contribution in [0.5, 0.6) is 0 Å². The highest BCUT2D eigenvalue weighted by molar-refractivity contribution is 7.44. The molecule has 3 heteroatoms. The van der Waals surface area contributed by atoms with Crippen molar-refractivity contribution in [1.82, 2.24) is 4.81 Å². The molecule has 0 N–H and O–H groups in total. The Morgan fingerprint density at radius 2 is 1.25 bits per heavy atom. The Bertz CT molecular complexity index is 594. The normalized spacial score (nSPS) is 17.2. The number of hydrogen-bond acceptors (Lipinski definition) is 1. The quantitative estimate of drug-likeness (QED) is 0.751.